The van der Waals surface area contributed by atoms with Gasteiger partial charge in [-0.3, -0.25) is 9.89 Å². The van der Waals surface area contributed by atoms with E-state index in [-0.39, 0.29) is 0 Å². The van der Waals surface area contributed by atoms with Crippen molar-refractivity contribution in [2.75, 3.05) is 31.1 Å². The molecule has 0 amide bonds. The fourth-order valence-electron chi connectivity index (χ4n) is 3.41. The number of nitrogens with zero attached hydrogens (tertiary/aromatic N) is 3. The van der Waals surface area contributed by atoms with Crippen LogP contribution in [0.4, 0.5) is 11.4 Å². The molecule has 0 bridgehead atoms. The molecule has 24 heavy (non-hydrogen) atoms. The molecular weight excluding hydrogens is 298 g/mol. The van der Waals surface area contributed by atoms with Crippen LogP contribution in [0, 0.1) is 0 Å². The molecule has 2 aromatic rings. The van der Waals surface area contributed by atoms with Crippen molar-refractivity contribution in [1.82, 2.24) is 4.90 Å². The molecular formula is C20H23N3O. The molecule has 2 heterocycles. The van der Waals surface area contributed by atoms with Gasteiger partial charge in [0.25, 0.3) is 0 Å². The first kappa shape index (κ1) is 15.2. The molecule has 0 saturated carbocycles. The van der Waals surface area contributed by atoms with Crippen LogP contribution < -0.4 is 9.64 Å². The van der Waals surface area contributed by atoms with E-state index in [1.54, 1.807) is 0 Å². The van der Waals surface area contributed by atoms with E-state index in [4.69, 9.17) is 4.74 Å². The summed E-state index contributed by atoms with van der Waals surface area (Å²) < 4.78 is 6.13. The largest absolute Gasteiger partial charge is 0.454 e. The molecule has 0 unspecified atom stereocenters. The Balaban J connectivity index is 1.64. The second kappa shape index (κ2) is 6.29. The number of anilines is 1. The fourth-order valence-corrected chi connectivity index (χ4v) is 3.41. The summed E-state index contributed by atoms with van der Waals surface area (Å²) in [4.78, 5) is 9.61. The Morgan fingerprint density at radius 1 is 0.917 bits per heavy atom. The summed E-state index contributed by atoms with van der Waals surface area (Å²) >= 11 is 0. The average molecular weight is 321 g/mol. The van der Waals surface area contributed by atoms with Crippen molar-refractivity contribution in [3.8, 4) is 11.5 Å². The van der Waals surface area contributed by atoms with E-state index in [1.807, 2.05) is 36.5 Å². The van der Waals surface area contributed by atoms with Gasteiger partial charge in [-0.2, -0.15) is 0 Å². The molecule has 0 spiro atoms. The molecule has 0 N–H and O–H groups in total. The summed E-state index contributed by atoms with van der Waals surface area (Å²) in [5.74, 6) is 1.70. The van der Waals surface area contributed by atoms with Gasteiger partial charge in [0.2, 0.25) is 0 Å². The fraction of sp³-hybridized carbons (Fsp3) is 0.350. The molecule has 2 aliphatic rings. The number of aliphatic imine (C=N–C) groups is 1. The Bertz CT molecular complexity index is 761. The van der Waals surface area contributed by atoms with Crippen molar-refractivity contribution in [2.45, 2.75) is 19.9 Å². The molecule has 0 atom stereocenters. The lowest BCUT2D eigenvalue weighted by Crippen LogP contribution is -2.49. The molecule has 1 fully saturated rings. The van der Waals surface area contributed by atoms with Crippen LogP contribution in [-0.4, -0.2) is 43.3 Å². The first-order valence-electron chi connectivity index (χ1n) is 8.65. The van der Waals surface area contributed by atoms with E-state index in [0.29, 0.717) is 6.04 Å². The van der Waals surface area contributed by atoms with Crippen LogP contribution >= 0.6 is 0 Å². The highest BCUT2D eigenvalue weighted by Gasteiger charge is 2.22. The quantitative estimate of drug-likeness (QED) is 0.712. The van der Waals surface area contributed by atoms with Gasteiger partial charge in [0, 0.05) is 44.1 Å². The van der Waals surface area contributed by atoms with Gasteiger partial charge in [-0.15, -0.1) is 0 Å². The van der Waals surface area contributed by atoms with Gasteiger partial charge in [0.15, 0.2) is 5.75 Å². The van der Waals surface area contributed by atoms with Crippen LogP contribution in [0.3, 0.4) is 0 Å². The van der Waals surface area contributed by atoms with E-state index in [1.165, 1.54) is 5.69 Å². The number of rotatable bonds is 2. The van der Waals surface area contributed by atoms with Crippen molar-refractivity contribution >= 4 is 17.6 Å². The monoisotopic (exact) mass is 321 g/mol. The Morgan fingerprint density at radius 3 is 2.46 bits per heavy atom. The van der Waals surface area contributed by atoms with Crippen LogP contribution in [0.1, 0.15) is 19.4 Å². The maximum absolute atomic E-state index is 6.13. The highest BCUT2D eigenvalue weighted by molar-refractivity contribution is 5.94. The topological polar surface area (TPSA) is 28.1 Å². The summed E-state index contributed by atoms with van der Waals surface area (Å²) in [6.07, 6.45) is 1.95. The van der Waals surface area contributed by atoms with Gasteiger partial charge in [0.05, 0.1) is 5.56 Å². The van der Waals surface area contributed by atoms with Gasteiger partial charge in [-0.05, 0) is 38.1 Å². The summed E-state index contributed by atoms with van der Waals surface area (Å²) in [6.45, 7) is 8.80. The minimum Gasteiger partial charge on any atom is -0.454 e. The Hall–Kier alpha value is -2.33. The third kappa shape index (κ3) is 2.78. The van der Waals surface area contributed by atoms with E-state index in [9.17, 15) is 0 Å². The lowest BCUT2D eigenvalue weighted by Gasteiger charge is -2.38. The summed E-state index contributed by atoms with van der Waals surface area (Å²) in [6, 6.07) is 14.8. The van der Waals surface area contributed by atoms with Crippen LogP contribution in [-0.2, 0) is 0 Å². The van der Waals surface area contributed by atoms with Gasteiger partial charge >= 0.3 is 0 Å². The second-order valence-corrected chi connectivity index (χ2v) is 6.63. The molecule has 4 heteroatoms. The van der Waals surface area contributed by atoms with Crippen molar-refractivity contribution in [2.24, 2.45) is 4.99 Å². The number of para-hydroxylation sites is 2. The van der Waals surface area contributed by atoms with E-state index < -0.39 is 0 Å². The zero-order valence-electron chi connectivity index (χ0n) is 14.3. The summed E-state index contributed by atoms with van der Waals surface area (Å²) in [5.41, 5.74) is 3.17. The van der Waals surface area contributed by atoms with Crippen molar-refractivity contribution in [3.05, 3.63) is 48.0 Å². The Morgan fingerprint density at radius 2 is 1.67 bits per heavy atom. The van der Waals surface area contributed by atoms with Crippen molar-refractivity contribution in [3.63, 3.8) is 0 Å². The van der Waals surface area contributed by atoms with Crippen LogP contribution in [0.15, 0.2) is 47.5 Å². The third-order valence-corrected chi connectivity index (χ3v) is 4.85. The van der Waals surface area contributed by atoms with Crippen LogP contribution in [0.2, 0.25) is 0 Å². The number of fused-ring (bicyclic) bond motifs is 2. The SMILES string of the molecule is CC(C)N1CCN(c2cccc3c2C=Nc2ccccc2O3)CC1. The highest BCUT2D eigenvalue weighted by atomic mass is 16.5. The molecule has 0 aromatic heterocycles. The van der Waals surface area contributed by atoms with Crippen LogP contribution in [0.25, 0.3) is 0 Å². The molecule has 4 rings (SSSR count). The Kier molecular flexibility index (Phi) is 3.98. The van der Waals surface area contributed by atoms with Gasteiger partial charge in [0.1, 0.15) is 11.4 Å². The van der Waals surface area contributed by atoms with Gasteiger partial charge in [-0.25, -0.2) is 0 Å². The number of benzene rings is 2. The van der Waals surface area contributed by atoms with Gasteiger partial charge in [-0.1, -0.05) is 18.2 Å². The number of ether oxygens (including phenoxy) is 1. The molecule has 4 nitrogen and oxygen atoms in total. The predicted octanol–water partition coefficient (Wildman–Crippen LogP) is 4.07. The third-order valence-electron chi connectivity index (χ3n) is 4.85. The van der Waals surface area contributed by atoms with E-state index >= 15 is 0 Å². The van der Waals surface area contributed by atoms with E-state index in [0.717, 1.165) is 48.9 Å². The lowest BCUT2D eigenvalue weighted by molar-refractivity contribution is 0.209. The molecule has 0 aliphatic carbocycles. The first-order chi connectivity index (χ1) is 11.7. The summed E-state index contributed by atoms with van der Waals surface area (Å²) in [5, 5.41) is 0. The molecule has 2 aliphatic heterocycles. The molecule has 1 saturated heterocycles. The van der Waals surface area contributed by atoms with Crippen molar-refractivity contribution < 1.29 is 4.74 Å². The maximum atomic E-state index is 6.13. The molecule has 0 radical (unpaired) electrons. The maximum Gasteiger partial charge on any atom is 0.153 e. The zero-order valence-corrected chi connectivity index (χ0v) is 14.3. The number of piperazine rings is 1. The zero-order chi connectivity index (χ0) is 16.5. The minimum atomic E-state index is 0.611. The van der Waals surface area contributed by atoms with Crippen molar-refractivity contribution in [1.29, 1.82) is 0 Å². The average Bonchev–Trinajstić information content (AvgIpc) is 2.80. The predicted molar refractivity (Wildman–Crippen MR) is 99.1 cm³/mol. The Labute approximate surface area is 143 Å². The number of hydrogen-bond acceptors (Lipinski definition) is 4. The first-order valence-corrected chi connectivity index (χ1v) is 8.65. The highest BCUT2D eigenvalue weighted by Crippen LogP contribution is 2.38. The standard InChI is InChI=1S/C20H23N3O/c1-15(2)22-10-12-23(13-11-22)18-7-5-9-19-16(18)14-21-17-6-3-4-8-20(17)24-19/h3-9,14-15H,10-13H2,1-2H3. The summed E-state index contributed by atoms with van der Waals surface area (Å²) in [7, 11) is 0. The normalized spacial score (nSPS) is 17.2. The van der Waals surface area contributed by atoms with E-state index in [2.05, 4.69) is 40.8 Å². The minimum absolute atomic E-state index is 0.611. The van der Waals surface area contributed by atoms with Gasteiger partial charge < -0.3 is 9.64 Å². The smallest absolute Gasteiger partial charge is 0.153 e. The number of hydrogen-bond donors (Lipinski definition) is 0. The van der Waals surface area contributed by atoms with Crippen LogP contribution in [0.5, 0.6) is 11.5 Å². The lowest BCUT2D eigenvalue weighted by atomic mass is 10.1. The molecule has 2 aromatic carbocycles. The second-order valence-electron chi connectivity index (χ2n) is 6.63. The molecule has 124 valence electrons.